The topological polar surface area (TPSA) is 718 Å². The van der Waals surface area contributed by atoms with Crippen LogP contribution in [0.25, 0.3) is 0 Å². The van der Waals surface area contributed by atoms with Crippen molar-refractivity contribution in [2.24, 2.45) is 34.4 Å². The monoisotopic (exact) mass is 1890 g/mol. The number of nitrogens with zero attached hydrogens (tertiary/aromatic N) is 2. The lowest BCUT2D eigenvalue weighted by molar-refractivity contribution is -0.143. The van der Waals surface area contributed by atoms with Crippen LogP contribution in [0.1, 0.15) is 143 Å². The van der Waals surface area contributed by atoms with Gasteiger partial charge in [0.05, 0.1) is 6.04 Å². The van der Waals surface area contributed by atoms with Gasteiger partial charge in [0, 0.05) is 58.3 Å². The third-order valence-corrected chi connectivity index (χ3v) is 23.4. The first-order valence-electron chi connectivity index (χ1n) is 45.7. The van der Waals surface area contributed by atoms with Crippen LogP contribution < -0.4 is 98.2 Å². The smallest absolute Gasteiger partial charge is 0.326 e. The predicted molar refractivity (Wildman–Crippen MR) is 502 cm³/mol. The molecule has 736 valence electrons. The first-order valence-corrected chi connectivity index (χ1v) is 45.7. The molecule has 136 heavy (non-hydrogen) atoms. The molecule has 12 amide bonds. The van der Waals surface area contributed by atoms with Crippen molar-refractivity contribution in [3.8, 4) is 34.5 Å². The van der Waals surface area contributed by atoms with Crippen LogP contribution in [0.5, 0.6) is 34.5 Å². The molecule has 2 saturated heterocycles. The number of nitrogens with one attached hydrogen (secondary N) is 14. The highest BCUT2D eigenvalue weighted by Crippen LogP contribution is 2.26. The van der Waals surface area contributed by atoms with Crippen LogP contribution in [-0.4, -0.2) is 259 Å². The Morgan fingerprint density at radius 2 is 0.544 bits per heavy atom. The molecular weight excluding hydrogens is 1760 g/mol. The highest BCUT2D eigenvalue weighted by Gasteiger charge is 2.44. The number of hydrogen-bond acceptors (Lipinski definition) is 25. The number of likely N-dealkylation sites (tertiary alicyclic amines) is 2. The number of carboxylic acid groups (broad SMARTS) is 1. The van der Waals surface area contributed by atoms with Gasteiger partial charge in [0.25, 0.3) is 0 Å². The van der Waals surface area contributed by atoms with Crippen LogP contribution in [0.3, 0.4) is 0 Å². The van der Waals surface area contributed by atoms with Crippen molar-refractivity contribution in [3.63, 3.8) is 0 Å². The fourth-order valence-electron chi connectivity index (χ4n) is 15.9. The average Bonchev–Trinajstić information content (AvgIpc) is 1.65. The Kier molecular flexibility index (Phi) is 43.0. The largest absolute Gasteiger partial charge is 0.508 e. The molecule has 2 heterocycles. The molecule has 0 unspecified atom stereocenters. The van der Waals surface area contributed by atoms with Crippen LogP contribution >= 0.6 is 0 Å². The van der Waals surface area contributed by atoms with Crippen molar-refractivity contribution in [3.05, 3.63) is 179 Å². The number of aromatic hydroxyl groups is 6. The lowest BCUT2D eigenvalue weighted by Gasteiger charge is -2.32. The van der Waals surface area contributed by atoms with Gasteiger partial charge in [0.15, 0.2) is 11.9 Å². The maximum atomic E-state index is 15.4. The highest BCUT2D eigenvalue weighted by atomic mass is 16.4. The number of aliphatic carboxylic acids is 1. The maximum Gasteiger partial charge on any atom is 0.326 e. The van der Waals surface area contributed by atoms with Gasteiger partial charge < -0.3 is 144 Å². The van der Waals surface area contributed by atoms with Crippen molar-refractivity contribution in [1.82, 2.24) is 73.6 Å². The van der Waals surface area contributed by atoms with E-state index >= 15 is 38.4 Å². The van der Waals surface area contributed by atoms with E-state index in [9.17, 15) is 59.7 Å². The summed E-state index contributed by atoms with van der Waals surface area (Å²) in [5.74, 6) is -13.1. The lowest BCUT2D eigenvalue weighted by atomic mass is 10.0. The Bertz CT molecular complexity index is 4990. The summed E-state index contributed by atoms with van der Waals surface area (Å²) in [5, 5.41) is 119. The van der Waals surface area contributed by atoms with Crippen molar-refractivity contribution >= 4 is 88.8 Å². The molecule has 0 radical (unpaired) electrons. The summed E-state index contributed by atoms with van der Waals surface area (Å²) in [4.78, 5) is 195. The molecule has 33 N–H and O–H groups in total. The zero-order chi connectivity index (χ0) is 98.9. The van der Waals surface area contributed by atoms with Gasteiger partial charge in [-0.1, -0.05) is 72.8 Å². The van der Waals surface area contributed by atoms with Gasteiger partial charge in [-0.05, 0) is 241 Å². The van der Waals surface area contributed by atoms with Crippen molar-refractivity contribution in [1.29, 1.82) is 10.8 Å². The molecule has 0 bridgehead atoms. The molecule has 0 spiro atoms. The quantitative estimate of drug-likeness (QED) is 0.0122. The first kappa shape index (κ1) is 107. The van der Waals surface area contributed by atoms with E-state index in [1.807, 2.05) is 0 Å². The number of carbonyl (C=O) groups excluding carboxylic acids is 12. The van der Waals surface area contributed by atoms with E-state index in [1.54, 1.807) is 12.1 Å². The molecule has 42 heteroatoms. The van der Waals surface area contributed by atoms with E-state index in [-0.39, 0.29) is 208 Å². The van der Waals surface area contributed by atoms with E-state index in [1.165, 1.54) is 143 Å². The number of rotatable bonds is 55. The Hall–Kier alpha value is -14.4. The number of nitrogens with two attached hydrogens (primary N) is 6. The molecule has 13 atom stereocenters. The summed E-state index contributed by atoms with van der Waals surface area (Å²) >= 11 is 0. The van der Waals surface area contributed by atoms with Crippen molar-refractivity contribution < 1.29 is 98.1 Å². The predicted octanol–water partition coefficient (Wildman–Crippen LogP) is -1.17. The molecule has 2 fully saturated rings. The number of amides is 12. The fourth-order valence-corrected chi connectivity index (χ4v) is 15.9. The van der Waals surface area contributed by atoms with Crippen molar-refractivity contribution in [2.75, 3.05) is 45.8 Å². The van der Waals surface area contributed by atoms with Crippen molar-refractivity contribution in [2.45, 2.75) is 226 Å². The molecule has 6 aromatic carbocycles. The highest BCUT2D eigenvalue weighted by molar-refractivity contribution is 6.00. The molecule has 2 aliphatic rings. The van der Waals surface area contributed by atoms with E-state index < -0.39 is 161 Å². The first-order chi connectivity index (χ1) is 65.1. The van der Waals surface area contributed by atoms with Crippen LogP contribution in [0, 0.1) is 10.8 Å². The number of benzene rings is 6. The number of carbonyl (C=O) groups is 13. The zero-order valence-electron chi connectivity index (χ0n) is 75.9. The van der Waals surface area contributed by atoms with Crippen LogP contribution in [0.15, 0.2) is 146 Å². The van der Waals surface area contributed by atoms with Gasteiger partial charge in [0.2, 0.25) is 70.9 Å². The summed E-state index contributed by atoms with van der Waals surface area (Å²) in [5.41, 5.74) is 38.0. The minimum absolute atomic E-state index is 0.00633. The minimum Gasteiger partial charge on any atom is -0.508 e. The Labute approximate surface area is 787 Å². The van der Waals surface area contributed by atoms with Gasteiger partial charge in [-0.3, -0.25) is 68.4 Å². The van der Waals surface area contributed by atoms with E-state index in [2.05, 4.69) is 63.8 Å². The molecule has 42 nitrogen and oxygen atoms in total. The Morgan fingerprint density at radius 3 is 0.853 bits per heavy atom. The SMILES string of the molecule is N=C(N)NCCC[C@H](NC(=O)[C@H](Cc1ccc(O)cc1)NC(=O)[C@H](CCCCN)NC(=O)[C@@H]1CCCN1C(=O)[C@H](CCCCN)NC(=O)[C@H](Cc1ccc(O)cc1)NC(=O)[C@H](Cc1ccc(O)cc1)NC(=O)[C@H](CCCNC(=N)N)NC(=O)[C@@H](N)Cc1ccc(O)cc1)C(=O)N[C@@H](Cc1ccc(O)cc1)C(=O)N1CCC[C@H]1C(=O)N[C@@H](CCCCN)C(=O)N[C@@H](Cc1ccc(O)cc1)C(=O)O. The molecule has 8 rings (SSSR count). The Morgan fingerprint density at radius 1 is 0.309 bits per heavy atom. The van der Waals surface area contributed by atoms with E-state index in [4.69, 9.17) is 45.2 Å². The number of unbranched alkanes of at least 4 members (excludes halogenated alkanes) is 3. The second kappa shape index (κ2) is 54.7. The molecule has 2 aliphatic heterocycles. The van der Waals surface area contributed by atoms with Gasteiger partial charge in [-0.2, -0.15) is 0 Å². The van der Waals surface area contributed by atoms with Gasteiger partial charge in [-0.15, -0.1) is 0 Å². The minimum atomic E-state index is -1.61. The Balaban J connectivity index is 1.04. The van der Waals surface area contributed by atoms with Gasteiger partial charge in [0.1, 0.15) is 107 Å². The molecule has 0 aliphatic carbocycles. The number of phenols is 6. The molecule has 0 saturated carbocycles. The van der Waals surface area contributed by atoms with Gasteiger partial charge >= 0.3 is 5.97 Å². The molecule has 0 aromatic heterocycles. The second-order valence-corrected chi connectivity index (χ2v) is 34.0. The number of phenolic OH excluding ortho intramolecular Hbond substituents is 6. The summed E-state index contributed by atoms with van der Waals surface area (Å²) in [6, 6.07) is 15.8. The van der Waals surface area contributed by atoms with E-state index in [0.29, 0.717) is 59.1 Å². The van der Waals surface area contributed by atoms with Crippen LogP contribution in [-0.2, 0) is 101 Å². The zero-order valence-corrected chi connectivity index (χ0v) is 75.9. The fraction of sp³-hybridized carbons (Fsp3) is 0.457. The normalized spacial score (nSPS) is 15.8. The summed E-state index contributed by atoms with van der Waals surface area (Å²) < 4.78 is 0. The third kappa shape index (κ3) is 35.2. The number of hydrogen-bond donors (Lipinski definition) is 27. The molecular formula is C94H130N22O20. The average molecular weight is 1890 g/mol. The van der Waals surface area contributed by atoms with Gasteiger partial charge in [-0.25, -0.2) is 4.79 Å². The van der Waals surface area contributed by atoms with Crippen LogP contribution in [0.2, 0.25) is 0 Å². The van der Waals surface area contributed by atoms with E-state index in [0.717, 1.165) is 0 Å². The maximum absolute atomic E-state index is 15.4. The summed E-state index contributed by atoms with van der Waals surface area (Å²) in [7, 11) is 0. The lowest BCUT2D eigenvalue weighted by Crippen LogP contribution is -2.61. The van der Waals surface area contributed by atoms with Crippen LogP contribution in [0.4, 0.5) is 0 Å². The number of guanidine groups is 2. The second-order valence-electron chi connectivity index (χ2n) is 34.0. The standard InChI is InChI=1S/C94H130N22O20/c95-42-4-1-11-68(107-88(131)78-16-9-47-115(78)90(133)72(13-3-6-44-97)109-86(129)74(51-57-22-34-63(119)35-23-57)112-87(130)75(52-58-24-36-64(120)37-25-58)111-82(125)70(14-7-45-103-93(99)100)105-80(123)67(98)49-55-18-30-61(117)31-19-55)81(124)110-73(50-56-20-32-62(118)33-21-56)85(128)106-71(15-8-46-104-94(101)102)83(126)113-76(53-59-26-38-65(121)39-27-59)91(134)116-48-10-17-79(116)89(132)108-69(12-2-5-43-96)84(127)114-77(92(135)136)54-60-28-40-66(122)41-29-60/h18-41,67-79,117-122H,1-17,42-54,95-98H2,(H,105,123)(H,106,128)(H,107,131)(H,108,132)(H,109,129)(H,110,124)(H,111,125)(H,112,130)(H,113,126)(H,114,127)(H,135,136)(H4,99,100,103)(H4,101,102,104)/t67-,68-,69-,70-,71-,72-,73-,74-,75-,76-,77-,78-,79-/m0/s1. The molecule has 6 aromatic rings. The summed E-state index contributed by atoms with van der Waals surface area (Å²) in [6.45, 7) is 0.568. The summed E-state index contributed by atoms with van der Waals surface area (Å²) in [6.07, 6.45) is 1.02. The number of carboxylic acids is 1. The third-order valence-electron chi connectivity index (χ3n) is 23.4.